The highest BCUT2D eigenvalue weighted by Crippen LogP contribution is 2.22. The first-order chi connectivity index (χ1) is 12.8. The average molecular weight is 345 g/mol. The van der Waals surface area contributed by atoms with Gasteiger partial charge in [-0.1, -0.05) is 66.7 Å². The van der Waals surface area contributed by atoms with E-state index in [-0.39, 0.29) is 5.69 Å². The third-order valence-electron chi connectivity index (χ3n) is 3.79. The van der Waals surface area contributed by atoms with E-state index in [1.165, 1.54) is 7.11 Å². The van der Waals surface area contributed by atoms with Gasteiger partial charge in [-0.05, 0) is 23.3 Å². The summed E-state index contributed by atoms with van der Waals surface area (Å²) in [5, 5.41) is 0. The molecule has 0 spiro atoms. The van der Waals surface area contributed by atoms with Gasteiger partial charge >= 0.3 is 5.97 Å². The molecule has 0 fully saturated rings. The summed E-state index contributed by atoms with van der Waals surface area (Å²) in [7, 11) is 1.34. The zero-order valence-electron chi connectivity index (χ0n) is 14.5. The van der Waals surface area contributed by atoms with E-state index in [1.807, 2.05) is 72.8 Å². The van der Waals surface area contributed by atoms with Gasteiger partial charge < -0.3 is 9.47 Å². The van der Waals surface area contributed by atoms with Gasteiger partial charge in [-0.15, -0.1) is 0 Å². The highest BCUT2D eigenvalue weighted by atomic mass is 16.5. The molecule has 1 aromatic heterocycles. The fourth-order valence-corrected chi connectivity index (χ4v) is 2.40. The Morgan fingerprint density at radius 2 is 1.73 bits per heavy atom. The molecule has 0 aliphatic rings. The van der Waals surface area contributed by atoms with Crippen molar-refractivity contribution >= 4 is 18.1 Å². The smallest absolute Gasteiger partial charge is 0.356 e. The first-order valence-electron chi connectivity index (χ1n) is 8.24. The summed E-state index contributed by atoms with van der Waals surface area (Å²) in [5.74, 6) is 0.368. The van der Waals surface area contributed by atoms with Crippen molar-refractivity contribution in [1.29, 1.82) is 0 Å². The summed E-state index contributed by atoms with van der Waals surface area (Å²) in [6.07, 6.45) is 5.53. The van der Waals surface area contributed by atoms with Gasteiger partial charge in [0.1, 0.15) is 18.1 Å². The number of carbonyl (C=O) groups excluding carboxylic acids is 1. The number of aromatic nitrogens is 1. The van der Waals surface area contributed by atoms with Gasteiger partial charge in [0.25, 0.3) is 0 Å². The van der Waals surface area contributed by atoms with Crippen LogP contribution in [0.5, 0.6) is 5.75 Å². The Morgan fingerprint density at radius 3 is 2.46 bits per heavy atom. The summed E-state index contributed by atoms with van der Waals surface area (Å²) in [6.45, 7) is 0.515. The minimum atomic E-state index is -0.444. The number of pyridine rings is 1. The lowest BCUT2D eigenvalue weighted by Gasteiger charge is -2.09. The maximum atomic E-state index is 11.4. The molecule has 0 aliphatic carbocycles. The number of methoxy groups -OCH3 is 1. The van der Waals surface area contributed by atoms with Crippen molar-refractivity contribution in [2.45, 2.75) is 6.61 Å². The van der Waals surface area contributed by atoms with E-state index in [2.05, 4.69) is 9.72 Å². The molecule has 1 heterocycles. The van der Waals surface area contributed by atoms with Crippen molar-refractivity contribution in [2.75, 3.05) is 7.11 Å². The first-order valence-corrected chi connectivity index (χ1v) is 8.24. The number of rotatable bonds is 6. The van der Waals surface area contributed by atoms with Crippen LogP contribution in [-0.4, -0.2) is 18.1 Å². The molecule has 0 unspecified atom stereocenters. The predicted octanol–water partition coefficient (Wildman–Crippen LogP) is 4.62. The molecule has 0 amide bonds. The van der Waals surface area contributed by atoms with Gasteiger partial charge in [0, 0.05) is 11.8 Å². The molecule has 3 rings (SSSR count). The molecule has 0 bridgehead atoms. The van der Waals surface area contributed by atoms with Crippen molar-refractivity contribution in [2.24, 2.45) is 0 Å². The summed E-state index contributed by atoms with van der Waals surface area (Å²) >= 11 is 0. The maximum absolute atomic E-state index is 11.4. The van der Waals surface area contributed by atoms with Gasteiger partial charge in [0.2, 0.25) is 0 Å². The highest BCUT2D eigenvalue weighted by Gasteiger charge is 2.05. The van der Waals surface area contributed by atoms with Crippen LogP contribution < -0.4 is 4.74 Å². The number of esters is 1. The van der Waals surface area contributed by atoms with Crippen molar-refractivity contribution in [3.8, 4) is 5.75 Å². The fraction of sp³-hybridized carbons (Fsp3) is 0.0909. The Bertz CT molecular complexity index is 887. The Morgan fingerprint density at radius 1 is 0.962 bits per heavy atom. The van der Waals surface area contributed by atoms with Gasteiger partial charge in [0.15, 0.2) is 0 Å². The summed E-state index contributed by atoms with van der Waals surface area (Å²) in [4.78, 5) is 15.5. The number of nitrogens with zero attached hydrogens (tertiary/aromatic N) is 1. The molecule has 0 radical (unpaired) electrons. The third kappa shape index (κ3) is 4.57. The highest BCUT2D eigenvalue weighted by molar-refractivity contribution is 5.87. The van der Waals surface area contributed by atoms with Gasteiger partial charge in [-0.2, -0.15) is 0 Å². The molecule has 0 saturated heterocycles. The number of para-hydroxylation sites is 1. The van der Waals surface area contributed by atoms with E-state index >= 15 is 0 Å². The zero-order chi connectivity index (χ0) is 18.2. The van der Waals surface area contributed by atoms with Crippen LogP contribution in [0.2, 0.25) is 0 Å². The second-order valence-electron chi connectivity index (χ2n) is 5.61. The predicted molar refractivity (Wildman–Crippen MR) is 102 cm³/mol. The standard InChI is InChI=1S/C22H19NO3/c1-25-22(24)20-14-12-17(15-23-20)11-13-19-9-5-6-10-21(19)26-16-18-7-3-2-4-8-18/h2-15H,16H2,1H3. The van der Waals surface area contributed by atoms with E-state index in [0.29, 0.717) is 6.61 Å². The first kappa shape index (κ1) is 17.4. The van der Waals surface area contributed by atoms with Crippen molar-refractivity contribution in [1.82, 2.24) is 4.98 Å². The minimum Gasteiger partial charge on any atom is -0.488 e. The molecular weight excluding hydrogens is 326 g/mol. The van der Waals surface area contributed by atoms with Gasteiger partial charge in [-0.3, -0.25) is 0 Å². The topological polar surface area (TPSA) is 48.4 Å². The Kier molecular flexibility index (Phi) is 5.78. The van der Waals surface area contributed by atoms with E-state index in [0.717, 1.165) is 22.4 Å². The summed E-state index contributed by atoms with van der Waals surface area (Å²) in [5.41, 5.74) is 3.26. The Hall–Kier alpha value is -3.40. The molecule has 0 atom stereocenters. The van der Waals surface area contributed by atoms with Crippen molar-refractivity contribution in [3.05, 3.63) is 95.3 Å². The van der Waals surface area contributed by atoms with Crippen LogP contribution in [0, 0.1) is 0 Å². The summed E-state index contributed by atoms with van der Waals surface area (Å²) < 4.78 is 10.6. The van der Waals surface area contributed by atoms with E-state index in [4.69, 9.17) is 4.74 Å². The lowest BCUT2D eigenvalue weighted by atomic mass is 10.1. The molecule has 0 aliphatic heterocycles. The molecule has 4 nitrogen and oxygen atoms in total. The molecular formula is C22H19NO3. The number of hydrogen-bond acceptors (Lipinski definition) is 4. The van der Waals surface area contributed by atoms with E-state index in [1.54, 1.807) is 12.3 Å². The minimum absolute atomic E-state index is 0.288. The number of carbonyl (C=O) groups is 1. The lowest BCUT2D eigenvalue weighted by Crippen LogP contribution is -2.03. The van der Waals surface area contributed by atoms with Gasteiger partial charge in [-0.25, -0.2) is 9.78 Å². The van der Waals surface area contributed by atoms with Crippen molar-refractivity contribution in [3.63, 3.8) is 0 Å². The number of benzene rings is 2. The summed E-state index contributed by atoms with van der Waals surface area (Å²) in [6, 6.07) is 21.4. The zero-order valence-corrected chi connectivity index (χ0v) is 14.5. The van der Waals surface area contributed by atoms with Gasteiger partial charge in [0.05, 0.1) is 7.11 Å². The van der Waals surface area contributed by atoms with Crippen LogP contribution >= 0.6 is 0 Å². The number of hydrogen-bond donors (Lipinski definition) is 0. The average Bonchev–Trinajstić information content (AvgIpc) is 2.72. The second kappa shape index (κ2) is 8.62. The fourth-order valence-electron chi connectivity index (χ4n) is 2.40. The number of ether oxygens (including phenoxy) is 2. The van der Waals surface area contributed by atoms with Crippen LogP contribution in [0.1, 0.15) is 27.2 Å². The molecule has 4 heteroatoms. The quantitative estimate of drug-likeness (QED) is 0.612. The van der Waals surface area contributed by atoms with Crippen molar-refractivity contribution < 1.29 is 14.3 Å². The van der Waals surface area contributed by atoms with Crippen LogP contribution in [0.25, 0.3) is 12.2 Å². The molecule has 2 aromatic carbocycles. The Labute approximate surface area is 152 Å². The van der Waals surface area contributed by atoms with Crippen LogP contribution in [0.4, 0.5) is 0 Å². The Balaban J connectivity index is 1.71. The van der Waals surface area contributed by atoms with Crippen LogP contribution in [0.15, 0.2) is 72.9 Å². The van der Waals surface area contributed by atoms with Crippen LogP contribution in [0.3, 0.4) is 0 Å². The third-order valence-corrected chi connectivity index (χ3v) is 3.79. The molecule has 26 heavy (non-hydrogen) atoms. The largest absolute Gasteiger partial charge is 0.488 e. The second-order valence-corrected chi connectivity index (χ2v) is 5.61. The molecule has 0 saturated carbocycles. The van der Waals surface area contributed by atoms with E-state index < -0.39 is 5.97 Å². The van der Waals surface area contributed by atoms with E-state index in [9.17, 15) is 4.79 Å². The molecule has 0 N–H and O–H groups in total. The lowest BCUT2D eigenvalue weighted by molar-refractivity contribution is 0.0594. The molecule has 130 valence electrons. The van der Waals surface area contributed by atoms with Crippen LogP contribution in [-0.2, 0) is 11.3 Å². The monoisotopic (exact) mass is 345 g/mol. The normalized spacial score (nSPS) is 10.7. The molecule has 3 aromatic rings. The maximum Gasteiger partial charge on any atom is 0.356 e. The SMILES string of the molecule is COC(=O)c1ccc(C=Cc2ccccc2OCc2ccccc2)cn1.